The van der Waals surface area contributed by atoms with Gasteiger partial charge in [0.05, 0.1) is 5.92 Å². The average Bonchev–Trinajstić information content (AvgIpc) is 2.22. The number of hydrogen-bond donors (Lipinski definition) is 3. The normalized spacial score (nSPS) is 18.6. The molecule has 0 radical (unpaired) electrons. The molecule has 0 saturated carbocycles. The minimum atomic E-state index is -0.854. The summed E-state index contributed by atoms with van der Waals surface area (Å²) in [6.45, 7) is 6.09. The summed E-state index contributed by atoms with van der Waals surface area (Å²) < 4.78 is 0. The molecule has 1 heterocycles. The Bertz CT molecular complexity index is 377. The number of nitrogens with one attached hydrogen (secondary N) is 1. The first-order valence-corrected chi connectivity index (χ1v) is 6.31. The zero-order valence-corrected chi connectivity index (χ0v) is 11.4. The Hall–Kier alpha value is -1.79. The molecule has 1 rings (SSSR count). The van der Waals surface area contributed by atoms with Gasteiger partial charge in [-0.25, -0.2) is 4.79 Å². The number of hydrogen-bond acceptors (Lipinski definition) is 3. The molecule has 3 amide bonds. The highest BCUT2D eigenvalue weighted by Gasteiger charge is 2.40. The number of carbonyl (C=O) groups is 3. The number of carboxylic acids is 1. The highest BCUT2D eigenvalue weighted by Crippen LogP contribution is 2.25. The molecule has 1 aliphatic rings. The fourth-order valence-corrected chi connectivity index (χ4v) is 2.07. The molecule has 1 aliphatic heterocycles. The molecule has 0 aliphatic carbocycles. The van der Waals surface area contributed by atoms with Crippen molar-refractivity contribution in [3.8, 4) is 0 Å². The summed E-state index contributed by atoms with van der Waals surface area (Å²) in [5.41, 5.74) is 5.05. The molecular weight excluding hydrogens is 250 g/mol. The fraction of sp³-hybridized carbons (Fsp3) is 0.750. The molecule has 7 heteroatoms. The smallest absolute Gasteiger partial charge is 0.312 e. The zero-order chi connectivity index (χ0) is 14.7. The van der Waals surface area contributed by atoms with Crippen LogP contribution in [0.3, 0.4) is 0 Å². The van der Waals surface area contributed by atoms with E-state index in [9.17, 15) is 14.4 Å². The molecule has 1 fully saturated rings. The monoisotopic (exact) mass is 271 g/mol. The van der Waals surface area contributed by atoms with E-state index in [1.165, 1.54) is 0 Å². The molecule has 19 heavy (non-hydrogen) atoms. The van der Waals surface area contributed by atoms with E-state index >= 15 is 0 Å². The maximum Gasteiger partial charge on any atom is 0.312 e. The van der Waals surface area contributed by atoms with Crippen molar-refractivity contribution in [1.29, 1.82) is 0 Å². The van der Waals surface area contributed by atoms with Crippen molar-refractivity contribution in [2.24, 2.45) is 23.5 Å². The molecule has 7 nitrogen and oxygen atoms in total. The lowest BCUT2D eigenvalue weighted by Crippen LogP contribution is -2.60. The van der Waals surface area contributed by atoms with Crippen LogP contribution >= 0.6 is 0 Å². The number of carbonyl (C=O) groups excluding carboxylic acids is 2. The predicted octanol–water partition coefficient (Wildman–Crippen LogP) is -0.142. The van der Waals surface area contributed by atoms with Crippen molar-refractivity contribution >= 4 is 17.9 Å². The van der Waals surface area contributed by atoms with Crippen molar-refractivity contribution in [2.75, 3.05) is 13.1 Å². The fourth-order valence-electron chi connectivity index (χ4n) is 2.07. The molecule has 4 N–H and O–H groups in total. The quantitative estimate of drug-likeness (QED) is 0.645. The second-order valence-electron chi connectivity index (χ2n) is 5.36. The number of primary amides is 1. The SMILES string of the molecule is CC(C)C(NC(N)=O)C(=O)N1CC(C(C)C(=O)O)C1. The van der Waals surface area contributed by atoms with Crippen LogP contribution in [0, 0.1) is 17.8 Å². The Morgan fingerprint density at radius 2 is 1.79 bits per heavy atom. The van der Waals surface area contributed by atoms with Crippen molar-refractivity contribution < 1.29 is 19.5 Å². The van der Waals surface area contributed by atoms with Crippen LogP contribution in [-0.4, -0.2) is 47.0 Å². The van der Waals surface area contributed by atoms with E-state index in [0.29, 0.717) is 13.1 Å². The summed E-state index contributed by atoms with van der Waals surface area (Å²) in [5.74, 6) is -1.63. The third-order valence-corrected chi connectivity index (χ3v) is 3.55. The molecule has 0 spiro atoms. The minimum absolute atomic E-state index is 0.0251. The van der Waals surface area contributed by atoms with Gasteiger partial charge in [-0.3, -0.25) is 9.59 Å². The molecule has 108 valence electrons. The van der Waals surface area contributed by atoms with Gasteiger partial charge < -0.3 is 21.1 Å². The first kappa shape index (κ1) is 15.3. The van der Waals surface area contributed by atoms with Crippen LogP contribution in [0.1, 0.15) is 20.8 Å². The number of nitrogens with zero attached hydrogens (tertiary/aromatic N) is 1. The van der Waals surface area contributed by atoms with Crippen molar-refractivity contribution in [1.82, 2.24) is 10.2 Å². The lowest BCUT2D eigenvalue weighted by molar-refractivity contribution is -0.151. The molecule has 0 aromatic carbocycles. The zero-order valence-electron chi connectivity index (χ0n) is 11.4. The van der Waals surface area contributed by atoms with Gasteiger partial charge in [-0.05, 0) is 5.92 Å². The van der Waals surface area contributed by atoms with Gasteiger partial charge in [0.25, 0.3) is 0 Å². The van der Waals surface area contributed by atoms with E-state index in [0.717, 1.165) is 0 Å². The Morgan fingerprint density at radius 3 is 2.16 bits per heavy atom. The van der Waals surface area contributed by atoms with Crippen LogP contribution in [0.25, 0.3) is 0 Å². The number of aliphatic carboxylic acids is 1. The van der Waals surface area contributed by atoms with Crippen LogP contribution in [0.2, 0.25) is 0 Å². The first-order valence-electron chi connectivity index (χ1n) is 6.31. The van der Waals surface area contributed by atoms with Gasteiger partial charge in [0.1, 0.15) is 6.04 Å². The average molecular weight is 271 g/mol. The van der Waals surface area contributed by atoms with Crippen LogP contribution in [-0.2, 0) is 9.59 Å². The lowest BCUT2D eigenvalue weighted by atomic mass is 9.86. The Kier molecular flexibility index (Phi) is 4.74. The van der Waals surface area contributed by atoms with Gasteiger partial charge in [0.2, 0.25) is 5.91 Å². The highest BCUT2D eigenvalue weighted by atomic mass is 16.4. The molecule has 0 aromatic heterocycles. The third kappa shape index (κ3) is 3.59. The van der Waals surface area contributed by atoms with Gasteiger partial charge in [-0.15, -0.1) is 0 Å². The predicted molar refractivity (Wildman–Crippen MR) is 68.2 cm³/mol. The van der Waals surface area contributed by atoms with E-state index in [4.69, 9.17) is 10.8 Å². The van der Waals surface area contributed by atoms with Crippen LogP contribution in [0.15, 0.2) is 0 Å². The minimum Gasteiger partial charge on any atom is -0.481 e. The van der Waals surface area contributed by atoms with E-state index in [1.54, 1.807) is 11.8 Å². The second-order valence-corrected chi connectivity index (χ2v) is 5.36. The summed E-state index contributed by atoms with van der Waals surface area (Å²) in [5, 5.41) is 11.3. The maximum atomic E-state index is 12.1. The number of amides is 3. The first-order chi connectivity index (χ1) is 8.73. The van der Waals surface area contributed by atoms with E-state index in [2.05, 4.69) is 5.32 Å². The molecule has 2 unspecified atom stereocenters. The van der Waals surface area contributed by atoms with E-state index < -0.39 is 24.0 Å². The lowest BCUT2D eigenvalue weighted by Gasteiger charge is -2.43. The van der Waals surface area contributed by atoms with Gasteiger partial charge in [-0.1, -0.05) is 20.8 Å². The van der Waals surface area contributed by atoms with Crippen molar-refractivity contribution in [3.63, 3.8) is 0 Å². The number of nitrogens with two attached hydrogens (primary N) is 1. The van der Waals surface area contributed by atoms with E-state index in [-0.39, 0.29) is 17.7 Å². The molecule has 0 bridgehead atoms. The van der Waals surface area contributed by atoms with Gasteiger partial charge in [0.15, 0.2) is 0 Å². The molecule has 1 saturated heterocycles. The molecule has 2 atom stereocenters. The summed E-state index contributed by atoms with van der Waals surface area (Å²) in [4.78, 5) is 35.4. The Morgan fingerprint density at radius 1 is 1.26 bits per heavy atom. The summed E-state index contributed by atoms with van der Waals surface area (Å²) in [6.07, 6.45) is 0. The third-order valence-electron chi connectivity index (χ3n) is 3.55. The standard InChI is InChI=1S/C12H21N3O4/c1-6(2)9(14-12(13)19)10(16)15-4-8(5-15)7(3)11(17)18/h6-9H,4-5H2,1-3H3,(H,17,18)(H3,13,14,19). The molecule has 0 aromatic rings. The van der Waals surface area contributed by atoms with Crippen molar-refractivity contribution in [2.45, 2.75) is 26.8 Å². The number of carboxylic acid groups (broad SMARTS) is 1. The van der Waals surface area contributed by atoms with Gasteiger partial charge in [0, 0.05) is 19.0 Å². The Labute approximate surface area is 112 Å². The highest BCUT2D eigenvalue weighted by molar-refractivity contribution is 5.87. The second kappa shape index (κ2) is 5.90. The van der Waals surface area contributed by atoms with Crippen molar-refractivity contribution in [3.05, 3.63) is 0 Å². The molecular formula is C12H21N3O4. The van der Waals surface area contributed by atoms with Gasteiger partial charge >= 0.3 is 12.0 Å². The summed E-state index contributed by atoms with van der Waals surface area (Å²) in [7, 11) is 0. The number of urea groups is 1. The summed E-state index contributed by atoms with van der Waals surface area (Å²) in [6, 6.07) is -1.39. The summed E-state index contributed by atoms with van der Waals surface area (Å²) >= 11 is 0. The van der Waals surface area contributed by atoms with Crippen LogP contribution in [0.4, 0.5) is 4.79 Å². The Balaban J connectivity index is 2.55. The topological polar surface area (TPSA) is 113 Å². The number of likely N-dealkylation sites (tertiary alicyclic amines) is 1. The van der Waals surface area contributed by atoms with Crippen LogP contribution < -0.4 is 11.1 Å². The van der Waals surface area contributed by atoms with Crippen LogP contribution in [0.5, 0.6) is 0 Å². The van der Waals surface area contributed by atoms with E-state index in [1.807, 2.05) is 13.8 Å². The van der Waals surface area contributed by atoms with Gasteiger partial charge in [-0.2, -0.15) is 0 Å². The maximum absolute atomic E-state index is 12.1. The number of rotatable bonds is 5. The largest absolute Gasteiger partial charge is 0.481 e.